The van der Waals surface area contributed by atoms with Gasteiger partial charge in [-0.05, 0) is 31.2 Å². The Morgan fingerprint density at radius 3 is 2.87 bits per heavy atom. The first-order valence-corrected chi connectivity index (χ1v) is 8.05. The molecule has 2 aliphatic carbocycles. The highest BCUT2D eigenvalue weighted by molar-refractivity contribution is 5.90. The minimum Gasteiger partial charge on any atom is -0.476 e. The molecule has 4 rings (SSSR count). The molecule has 1 fully saturated rings. The van der Waals surface area contributed by atoms with Crippen molar-refractivity contribution in [3.63, 3.8) is 0 Å². The molecule has 2 aromatic heterocycles. The fourth-order valence-corrected chi connectivity index (χ4v) is 3.65. The molecule has 2 heterocycles. The molecule has 7 heteroatoms. The molecule has 0 spiro atoms. The zero-order valence-electron chi connectivity index (χ0n) is 13.0. The molecule has 2 N–H and O–H groups in total. The van der Waals surface area contributed by atoms with Gasteiger partial charge in [0.25, 0.3) is 0 Å². The Morgan fingerprint density at radius 2 is 2.13 bits per heavy atom. The number of aromatic nitrogens is 4. The summed E-state index contributed by atoms with van der Waals surface area (Å²) in [5.74, 6) is -0.356. The fraction of sp³-hybridized carbons (Fsp3) is 0.500. The number of hydrogen-bond acceptors (Lipinski definition) is 5. The van der Waals surface area contributed by atoms with Gasteiger partial charge in [-0.15, -0.1) is 0 Å². The number of aromatic carboxylic acids is 1. The van der Waals surface area contributed by atoms with Crippen LogP contribution in [0.1, 0.15) is 47.3 Å². The first-order chi connectivity index (χ1) is 11.1. The van der Waals surface area contributed by atoms with E-state index >= 15 is 0 Å². The van der Waals surface area contributed by atoms with Crippen LogP contribution in [0, 0.1) is 0 Å². The predicted octanol–water partition coefficient (Wildman–Crippen LogP) is 2.03. The minimum atomic E-state index is -0.983. The third-order valence-corrected chi connectivity index (χ3v) is 4.77. The summed E-state index contributed by atoms with van der Waals surface area (Å²) < 4.78 is 1.63. The van der Waals surface area contributed by atoms with Crippen LogP contribution >= 0.6 is 0 Å². The van der Waals surface area contributed by atoms with E-state index in [1.807, 2.05) is 6.20 Å². The van der Waals surface area contributed by atoms with Gasteiger partial charge < -0.3 is 10.4 Å². The van der Waals surface area contributed by atoms with Crippen molar-refractivity contribution in [1.29, 1.82) is 0 Å². The maximum Gasteiger partial charge on any atom is 0.356 e. The van der Waals surface area contributed by atoms with Crippen molar-refractivity contribution in [2.24, 2.45) is 7.05 Å². The molecule has 1 saturated carbocycles. The Bertz CT molecular complexity index is 777. The zero-order chi connectivity index (χ0) is 16.0. The number of carboxylic acids is 1. The quantitative estimate of drug-likeness (QED) is 0.900. The van der Waals surface area contributed by atoms with Crippen LogP contribution in [0.3, 0.4) is 0 Å². The molecule has 0 radical (unpaired) electrons. The first-order valence-electron chi connectivity index (χ1n) is 8.05. The molecular formula is C16H19N5O2. The van der Waals surface area contributed by atoms with Gasteiger partial charge in [0.15, 0.2) is 5.69 Å². The highest BCUT2D eigenvalue weighted by atomic mass is 16.4. The average Bonchev–Trinajstić information content (AvgIpc) is 3.15. The SMILES string of the molecule is Cn1nc(C(=O)O)c2c1-c1nc(NC3CCCC3)ncc1CC2. The molecule has 23 heavy (non-hydrogen) atoms. The molecule has 2 aromatic rings. The number of rotatable bonds is 3. The Morgan fingerprint density at radius 1 is 1.35 bits per heavy atom. The van der Waals surface area contributed by atoms with Crippen molar-refractivity contribution >= 4 is 11.9 Å². The summed E-state index contributed by atoms with van der Waals surface area (Å²) in [5, 5.41) is 16.9. The molecule has 0 aromatic carbocycles. The largest absolute Gasteiger partial charge is 0.476 e. The molecule has 0 aliphatic heterocycles. The van der Waals surface area contributed by atoms with E-state index < -0.39 is 5.97 Å². The maximum absolute atomic E-state index is 11.4. The van der Waals surface area contributed by atoms with Gasteiger partial charge in [0.1, 0.15) is 0 Å². The lowest BCUT2D eigenvalue weighted by Gasteiger charge is -2.18. The Labute approximate surface area is 133 Å². The summed E-state index contributed by atoms with van der Waals surface area (Å²) in [6.45, 7) is 0. The van der Waals surface area contributed by atoms with Crippen molar-refractivity contribution in [3.05, 3.63) is 23.0 Å². The van der Waals surface area contributed by atoms with Crippen LogP contribution in [0.2, 0.25) is 0 Å². The molecule has 0 atom stereocenters. The van der Waals surface area contributed by atoms with E-state index in [4.69, 9.17) is 0 Å². The zero-order valence-corrected chi connectivity index (χ0v) is 13.0. The van der Waals surface area contributed by atoms with E-state index in [9.17, 15) is 9.90 Å². The molecule has 2 aliphatic rings. The Balaban J connectivity index is 1.75. The molecule has 0 amide bonds. The molecule has 0 bridgehead atoms. The van der Waals surface area contributed by atoms with Gasteiger partial charge in [-0.25, -0.2) is 14.8 Å². The van der Waals surface area contributed by atoms with Crippen LogP contribution in [0.25, 0.3) is 11.4 Å². The van der Waals surface area contributed by atoms with E-state index in [2.05, 4.69) is 20.4 Å². The predicted molar refractivity (Wildman–Crippen MR) is 84.5 cm³/mol. The second-order valence-corrected chi connectivity index (χ2v) is 6.30. The maximum atomic E-state index is 11.4. The van der Waals surface area contributed by atoms with Crippen LogP contribution < -0.4 is 5.32 Å². The summed E-state index contributed by atoms with van der Waals surface area (Å²) in [6, 6.07) is 0.442. The number of hydrogen-bond donors (Lipinski definition) is 2. The number of carbonyl (C=O) groups is 1. The third-order valence-electron chi connectivity index (χ3n) is 4.77. The average molecular weight is 313 g/mol. The topological polar surface area (TPSA) is 92.9 Å². The lowest BCUT2D eigenvalue weighted by Crippen LogP contribution is -2.18. The number of anilines is 1. The van der Waals surface area contributed by atoms with Crippen LogP contribution in [0.5, 0.6) is 0 Å². The summed E-state index contributed by atoms with van der Waals surface area (Å²) in [7, 11) is 1.77. The lowest BCUT2D eigenvalue weighted by molar-refractivity contribution is 0.0688. The second kappa shape index (κ2) is 5.33. The van der Waals surface area contributed by atoms with Gasteiger partial charge >= 0.3 is 5.97 Å². The summed E-state index contributed by atoms with van der Waals surface area (Å²) >= 11 is 0. The molecular weight excluding hydrogens is 294 g/mol. The first kappa shape index (κ1) is 14.2. The highest BCUT2D eigenvalue weighted by Gasteiger charge is 2.29. The van der Waals surface area contributed by atoms with E-state index in [1.165, 1.54) is 12.8 Å². The van der Waals surface area contributed by atoms with Crippen molar-refractivity contribution in [1.82, 2.24) is 19.7 Å². The van der Waals surface area contributed by atoms with Crippen molar-refractivity contribution in [2.45, 2.75) is 44.6 Å². The van der Waals surface area contributed by atoms with Crippen LogP contribution in [-0.4, -0.2) is 36.9 Å². The van der Waals surface area contributed by atoms with Gasteiger partial charge in [-0.1, -0.05) is 12.8 Å². The van der Waals surface area contributed by atoms with Crippen LogP contribution in [-0.2, 0) is 19.9 Å². The molecule has 0 unspecified atom stereocenters. The fourth-order valence-electron chi connectivity index (χ4n) is 3.65. The summed E-state index contributed by atoms with van der Waals surface area (Å²) in [5.41, 5.74) is 3.58. The van der Waals surface area contributed by atoms with Crippen molar-refractivity contribution < 1.29 is 9.90 Å². The van der Waals surface area contributed by atoms with E-state index in [0.29, 0.717) is 18.4 Å². The monoisotopic (exact) mass is 313 g/mol. The number of carboxylic acid groups (broad SMARTS) is 1. The normalized spacial score (nSPS) is 16.9. The number of aryl methyl sites for hydroxylation is 2. The number of fused-ring (bicyclic) bond motifs is 3. The van der Waals surface area contributed by atoms with E-state index in [0.717, 1.165) is 41.8 Å². The summed E-state index contributed by atoms with van der Waals surface area (Å²) in [6.07, 6.45) is 8.07. The minimum absolute atomic E-state index is 0.136. The van der Waals surface area contributed by atoms with Gasteiger partial charge in [0, 0.05) is 24.8 Å². The van der Waals surface area contributed by atoms with E-state index in [-0.39, 0.29) is 5.69 Å². The van der Waals surface area contributed by atoms with Crippen LogP contribution in [0.15, 0.2) is 6.20 Å². The smallest absolute Gasteiger partial charge is 0.356 e. The number of nitrogens with zero attached hydrogens (tertiary/aromatic N) is 4. The van der Waals surface area contributed by atoms with Crippen molar-refractivity contribution in [2.75, 3.05) is 5.32 Å². The second-order valence-electron chi connectivity index (χ2n) is 6.30. The lowest BCUT2D eigenvalue weighted by atomic mass is 9.93. The van der Waals surface area contributed by atoms with E-state index in [1.54, 1.807) is 11.7 Å². The highest BCUT2D eigenvalue weighted by Crippen LogP contribution is 2.34. The molecule has 0 saturated heterocycles. The van der Waals surface area contributed by atoms with Crippen LogP contribution in [0.4, 0.5) is 5.95 Å². The Hall–Kier alpha value is -2.44. The number of nitrogens with one attached hydrogen (secondary N) is 1. The van der Waals surface area contributed by atoms with Gasteiger partial charge in [0.05, 0.1) is 11.4 Å². The summed E-state index contributed by atoms with van der Waals surface area (Å²) in [4.78, 5) is 20.5. The van der Waals surface area contributed by atoms with Crippen molar-refractivity contribution in [3.8, 4) is 11.4 Å². The molecule has 7 nitrogen and oxygen atoms in total. The Kier molecular flexibility index (Phi) is 3.28. The van der Waals surface area contributed by atoms with Gasteiger partial charge in [-0.2, -0.15) is 5.10 Å². The molecule has 120 valence electrons. The standard InChI is InChI=1S/C16H19N5O2/c1-21-14-11(13(20-21)15(22)23)7-6-9-8-17-16(19-12(9)14)18-10-4-2-3-5-10/h8,10H,2-7H2,1H3,(H,22,23)(H,17,18,19). The third kappa shape index (κ3) is 2.36. The van der Waals surface area contributed by atoms with Gasteiger partial charge in [-0.3, -0.25) is 4.68 Å². The van der Waals surface area contributed by atoms with Gasteiger partial charge in [0.2, 0.25) is 5.95 Å².